The normalized spacial score (nSPS) is 13.8. The number of rotatable bonds is 6. The van der Waals surface area contributed by atoms with Crippen LogP contribution >= 0.6 is 11.6 Å². The zero-order valence-electron chi connectivity index (χ0n) is 20.0. The van der Waals surface area contributed by atoms with Gasteiger partial charge in [0.1, 0.15) is 5.15 Å². The summed E-state index contributed by atoms with van der Waals surface area (Å²) in [4.78, 5) is 37.8. The van der Waals surface area contributed by atoms with Crippen LogP contribution in [0.5, 0.6) is 0 Å². The van der Waals surface area contributed by atoms with Crippen molar-refractivity contribution in [1.29, 1.82) is 0 Å². The standard InChI is InChI=1S/C27H23ClN4O4S/c1-37(35,36)24-6-3-2-5-23(24)32(17-18-8-9-19-10-11-25(28)30-22(19)13-18)27(34)20-14-21(16-29-15-20)31-12-4-7-26(31)33/h2-3,5-6,8-11,13-16H,4,7,12,17H2,1H3. The summed E-state index contributed by atoms with van der Waals surface area (Å²) in [6, 6.07) is 17.1. The number of pyridine rings is 2. The lowest BCUT2D eigenvalue weighted by molar-refractivity contribution is -0.117. The number of fused-ring (bicyclic) bond motifs is 1. The number of carbonyl (C=O) groups is 2. The highest BCUT2D eigenvalue weighted by atomic mass is 35.5. The fourth-order valence-electron chi connectivity index (χ4n) is 4.45. The second kappa shape index (κ2) is 9.91. The van der Waals surface area contributed by atoms with Gasteiger partial charge in [-0.15, -0.1) is 0 Å². The lowest BCUT2D eigenvalue weighted by Gasteiger charge is -2.26. The first kappa shape index (κ1) is 24.9. The molecule has 8 nitrogen and oxygen atoms in total. The fourth-order valence-corrected chi connectivity index (χ4v) is 5.49. The van der Waals surface area contributed by atoms with E-state index in [2.05, 4.69) is 9.97 Å². The van der Waals surface area contributed by atoms with Crippen molar-refractivity contribution in [2.75, 3.05) is 22.6 Å². The first-order valence-corrected chi connectivity index (χ1v) is 13.9. The number of benzene rings is 2. The van der Waals surface area contributed by atoms with Crippen molar-refractivity contribution in [2.45, 2.75) is 24.3 Å². The molecule has 4 aromatic rings. The van der Waals surface area contributed by atoms with E-state index in [0.717, 1.165) is 23.6 Å². The molecule has 1 aliphatic rings. The van der Waals surface area contributed by atoms with Gasteiger partial charge in [-0.3, -0.25) is 14.6 Å². The number of para-hydroxylation sites is 1. The van der Waals surface area contributed by atoms with E-state index in [1.165, 1.54) is 17.2 Å². The summed E-state index contributed by atoms with van der Waals surface area (Å²) in [7, 11) is -3.65. The van der Waals surface area contributed by atoms with Crippen LogP contribution in [-0.4, -0.2) is 43.0 Å². The molecule has 0 N–H and O–H groups in total. The number of amides is 2. The maximum absolute atomic E-state index is 13.9. The Morgan fingerprint density at radius 3 is 2.62 bits per heavy atom. The second-order valence-electron chi connectivity index (χ2n) is 8.87. The molecule has 1 aliphatic heterocycles. The van der Waals surface area contributed by atoms with Gasteiger partial charge in [-0.05, 0) is 48.4 Å². The third-order valence-electron chi connectivity index (χ3n) is 6.22. The Labute approximate surface area is 219 Å². The van der Waals surface area contributed by atoms with Crippen molar-refractivity contribution in [3.05, 3.63) is 89.3 Å². The zero-order valence-corrected chi connectivity index (χ0v) is 21.5. The van der Waals surface area contributed by atoms with E-state index >= 15 is 0 Å². The molecular formula is C27H23ClN4O4S. The van der Waals surface area contributed by atoms with E-state index in [1.54, 1.807) is 41.4 Å². The number of nitrogens with zero attached hydrogens (tertiary/aromatic N) is 4. The number of anilines is 2. The average Bonchev–Trinajstić information content (AvgIpc) is 3.32. The molecule has 0 radical (unpaired) electrons. The van der Waals surface area contributed by atoms with Crippen LogP contribution in [0.15, 0.2) is 78.0 Å². The van der Waals surface area contributed by atoms with E-state index in [-0.39, 0.29) is 28.6 Å². The summed E-state index contributed by atoms with van der Waals surface area (Å²) in [5.74, 6) is -0.468. The highest BCUT2D eigenvalue weighted by Crippen LogP contribution is 2.30. The molecule has 2 amide bonds. The van der Waals surface area contributed by atoms with Gasteiger partial charge < -0.3 is 9.80 Å². The van der Waals surface area contributed by atoms with Crippen LogP contribution in [0.1, 0.15) is 28.8 Å². The Hall–Kier alpha value is -3.82. The smallest absolute Gasteiger partial charge is 0.260 e. The van der Waals surface area contributed by atoms with Crippen LogP contribution < -0.4 is 9.80 Å². The van der Waals surface area contributed by atoms with Gasteiger partial charge in [-0.2, -0.15) is 0 Å². The third-order valence-corrected chi connectivity index (χ3v) is 7.57. The summed E-state index contributed by atoms with van der Waals surface area (Å²) in [6.07, 6.45) is 5.27. The molecule has 2 aromatic heterocycles. The van der Waals surface area contributed by atoms with Crippen molar-refractivity contribution in [2.24, 2.45) is 0 Å². The first-order chi connectivity index (χ1) is 17.7. The van der Waals surface area contributed by atoms with Crippen molar-refractivity contribution < 1.29 is 18.0 Å². The maximum atomic E-state index is 13.9. The number of carbonyl (C=O) groups excluding carboxylic acids is 2. The number of aromatic nitrogens is 2. The molecule has 5 rings (SSSR count). The van der Waals surface area contributed by atoms with Crippen molar-refractivity contribution in [3.63, 3.8) is 0 Å². The summed E-state index contributed by atoms with van der Waals surface area (Å²) >= 11 is 6.08. The Morgan fingerprint density at radius 2 is 1.86 bits per heavy atom. The summed E-state index contributed by atoms with van der Waals surface area (Å²) < 4.78 is 25.3. The topological polar surface area (TPSA) is 101 Å². The first-order valence-electron chi connectivity index (χ1n) is 11.6. The third kappa shape index (κ3) is 5.19. The van der Waals surface area contributed by atoms with Crippen LogP contribution in [0.25, 0.3) is 10.9 Å². The minimum Gasteiger partial charge on any atom is -0.311 e. The lowest BCUT2D eigenvalue weighted by Crippen LogP contribution is -2.32. The molecule has 0 aliphatic carbocycles. The molecule has 3 heterocycles. The molecule has 0 saturated carbocycles. The van der Waals surface area contributed by atoms with Crippen LogP contribution in [0.2, 0.25) is 5.15 Å². The van der Waals surface area contributed by atoms with Crippen LogP contribution in [0.4, 0.5) is 11.4 Å². The second-order valence-corrected chi connectivity index (χ2v) is 11.2. The zero-order chi connectivity index (χ0) is 26.2. The Morgan fingerprint density at radius 1 is 1.08 bits per heavy atom. The summed E-state index contributed by atoms with van der Waals surface area (Å²) in [5, 5.41) is 1.23. The van der Waals surface area contributed by atoms with Gasteiger partial charge >= 0.3 is 0 Å². The van der Waals surface area contributed by atoms with Crippen molar-refractivity contribution in [3.8, 4) is 0 Å². The van der Waals surface area contributed by atoms with E-state index in [1.807, 2.05) is 24.3 Å². The quantitative estimate of drug-likeness (QED) is 0.333. The summed E-state index contributed by atoms with van der Waals surface area (Å²) in [6.45, 7) is 0.633. The minimum absolute atomic E-state index is 0.0204. The lowest BCUT2D eigenvalue weighted by atomic mass is 10.1. The van der Waals surface area contributed by atoms with Crippen LogP contribution in [0.3, 0.4) is 0 Å². The molecule has 10 heteroatoms. The predicted molar refractivity (Wildman–Crippen MR) is 143 cm³/mol. The highest BCUT2D eigenvalue weighted by molar-refractivity contribution is 7.90. The van der Waals surface area contributed by atoms with Gasteiger partial charge in [-0.1, -0.05) is 35.9 Å². The minimum atomic E-state index is -3.65. The molecule has 37 heavy (non-hydrogen) atoms. The van der Waals surface area contributed by atoms with Crippen molar-refractivity contribution in [1.82, 2.24) is 9.97 Å². The molecule has 188 valence electrons. The molecular weight excluding hydrogens is 512 g/mol. The number of sulfone groups is 1. The molecule has 0 bridgehead atoms. The van der Waals surface area contributed by atoms with Crippen molar-refractivity contribution >= 4 is 55.5 Å². The number of hydrogen-bond acceptors (Lipinski definition) is 6. The van der Waals surface area contributed by atoms with Gasteiger partial charge in [0.05, 0.1) is 40.1 Å². The van der Waals surface area contributed by atoms with E-state index in [4.69, 9.17) is 11.6 Å². The van der Waals surface area contributed by atoms with E-state index in [0.29, 0.717) is 29.3 Å². The molecule has 0 spiro atoms. The van der Waals surface area contributed by atoms with E-state index in [9.17, 15) is 18.0 Å². The fraction of sp³-hybridized carbons (Fsp3) is 0.185. The van der Waals surface area contributed by atoms with Gasteiger partial charge in [0.2, 0.25) is 5.91 Å². The van der Waals surface area contributed by atoms with Gasteiger partial charge in [0.25, 0.3) is 5.91 Å². The van der Waals surface area contributed by atoms with Crippen LogP contribution in [0, 0.1) is 0 Å². The average molecular weight is 535 g/mol. The Kier molecular flexibility index (Phi) is 6.66. The summed E-state index contributed by atoms with van der Waals surface area (Å²) in [5.41, 5.74) is 2.41. The SMILES string of the molecule is CS(=O)(=O)c1ccccc1N(Cc1ccc2ccc(Cl)nc2c1)C(=O)c1cncc(N2CCCC2=O)c1. The number of halogens is 1. The molecule has 1 fully saturated rings. The van der Waals surface area contributed by atoms with Crippen LogP contribution in [-0.2, 0) is 21.2 Å². The largest absolute Gasteiger partial charge is 0.311 e. The number of hydrogen-bond donors (Lipinski definition) is 0. The molecule has 0 unspecified atom stereocenters. The molecule has 1 saturated heterocycles. The van der Waals surface area contributed by atoms with E-state index < -0.39 is 15.7 Å². The maximum Gasteiger partial charge on any atom is 0.260 e. The molecule has 0 atom stereocenters. The highest BCUT2D eigenvalue weighted by Gasteiger charge is 2.27. The predicted octanol–water partition coefficient (Wildman–Crippen LogP) is 4.66. The Bertz CT molecular complexity index is 1640. The Balaban J connectivity index is 1.59. The monoisotopic (exact) mass is 534 g/mol. The molecule has 2 aromatic carbocycles. The van der Waals surface area contributed by atoms with Gasteiger partial charge in [0, 0.05) is 30.8 Å². The van der Waals surface area contributed by atoms with Gasteiger partial charge in [0.15, 0.2) is 9.84 Å². The van der Waals surface area contributed by atoms with Gasteiger partial charge in [-0.25, -0.2) is 13.4 Å².